The number of benzene rings is 1. The van der Waals surface area contributed by atoms with Gasteiger partial charge in [-0.15, -0.1) is 0 Å². The number of nitrogens with two attached hydrogens (primary N) is 3. The number of halogens is 2. The molecule has 20 heteroatoms. The Balaban J connectivity index is 0.000000216. The topological polar surface area (TPSA) is 226 Å². The zero-order valence-electron chi connectivity index (χ0n) is 46.9. The Bertz CT molecular complexity index is 3330. The van der Waals surface area contributed by atoms with Crippen LogP contribution in [0.2, 0.25) is 61.7 Å². The largest absolute Gasteiger partial charge is 0.465 e. The summed E-state index contributed by atoms with van der Waals surface area (Å²) in [6.07, 6.45) is 6.27. The Morgan fingerprint density at radius 3 is 1.74 bits per heavy atom. The van der Waals surface area contributed by atoms with Crippen LogP contribution in [0.15, 0.2) is 91.4 Å². The molecule has 0 radical (unpaired) electrons. The number of esters is 1. The average Bonchev–Trinajstić information content (AvgIpc) is 3.89. The van der Waals surface area contributed by atoms with Crippen molar-refractivity contribution in [1.82, 2.24) is 39.4 Å². The molecule has 0 fully saturated rings. The molecule has 16 nitrogen and oxygen atoms in total. The lowest BCUT2D eigenvalue weighted by molar-refractivity contribution is 0.0600. The Kier molecular flexibility index (Phi) is 21.3. The third-order valence-electron chi connectivity index (χ3n) is 13.0. The molecule has 0 spiro atoms. The highest BCUT2D eigenvalue weighted by Gasteiger charge is 2.17. The highest BCUT2D eigenvalue weighted by Crippen LogP contribution is 2.27. The number of hydrogen-bond donors (Lipinski definition) is 4. The Morgan fingerprint density at radius 1 is 0.641 bits per heavy atom. The number of anilines is 2. The SMILES string of the molecule is COC(=O)c1ccnc(Cc2ccc3c(c2)cc(Cl)n3COCC[Si](C)(C)C)c1.Cc1cc(N)nc(C)c1CN.Cc1cc(N)nc(C)c1CNC(=O)c1ccnc(Cc2cnc3c(c2)cc(Cl)n3COCC[Si](C)(C)C)c1. The number of aromatic nitrogens is 7. The molecular weight excluding hydrogens is 1060 g/mol. The fraction of sp³-hybridized carbons (Fsp3) is 0.362. The molecule has 8 rings (SSSR count). The fourth-order valence-electron chi connectivity index (χ4n) is 8.55. The van der Waals surface area contributed by atoms with Crippen LogP contribution in [0.4, 0.5) is 11.6 Å². The number of carbonyl (C=O) groups excluding carboxylic acids is 2. The van der Waals surface area contributed by atoms with Crippen LogP contribution in [-0.2, 0) is 53.6 Å². The first-order valence-electron chi connectivity index (χ1n) is 25.9. The van der Waals surface area contributed by atoms with Gasteiger partial charge in [0.05, 0.1) is 18.2 Å². The van der Waals surface area contributed by atoms with Gasteiger partial charge in [0.15, 0.2) is 0 Å². The average molecular weight is 1130 g/mol. The molecule has 8 aromatic rings. The maximum atomic E-state index is 12.9. The number of hydrogen-bond acceptors (Lipinski definition) is 13. The van der Waals surface area contributed by atoms with Crippen LogP contribution in [-0.4, -0.2) is 82.4 Å². The molecule has 0 bridgehead atoms. The lowest BCUT2D eigenvalue weighted by Gasteiger charge is -2.16. The van der Waals surface area contributed by atoms with Crippen LogP contribution < -0.4 is 22.5 Å². The smallest absolute Gasteiger partial charge is 0.337 e. The van der Waals surface area contributed by atoms with E-state index in [1.807, 2.05) is 73.4 Å². The lowest BCUT2D eigenvalue weighted by atomic mass is 10.1. The molecule has 78 heavy (non-hydrogen) atoms. The number of amides is 1. The van der Waals surface area contributed by atoms with Crippen LogP contribution in [0.1, 0.15) is 76.9 Å². The van der Waals surface area contributed by atoms with Gasteiger partial charge in [-0.1, -0.05) is 68.6 Å². The summed E-state index contributed by atoms with van der Waals surface area (Å²) < 4.78 is 20.4. The van der Waals surface area contributed by atoms with Crippen molar-refractivity contribution in [2.24, 2.45) is 5.73 Å². The maximum absolute atomic E-state index is 12.9. The molecule has 414 valence electrons. The van der Waals surface area contributed by atoms with Gasteiger partial charge in [0, 0.05) is 113 Å². The van der Waals surface area contributed by atoms with Crippen LogP contribution in [0.3, 0.4) is 0 Å². The van der Waals surface area contributed by atoms with Gasteiger partial charge in [0.1, 0.15) is 41.1 Å². The number of aryl methyl sites for hydroxylation is 4. The van der Waals surface area contributed by atoms with Crippen molar-refractivity contribution in [3.05, 3.63) is 169 Å². The van der Waals surface area contributed by atoms with Crippen molar-refractivity contribution in [3.8, 4) is 0 Å². The monoisotopic (exact) mass is 1130 g/mol. The highest BCUT2D eigenvalue weighted by atomic mass is 35.5. The van der Waals surface area contributed by atoms with E-state index >= 15 is 0 Å². The number of ether oxygens (including phenoxy) is 3. The molecule has 0 saturated carbocycles. The van der Waals surface area contributed by atoms with E-state index in [1.54, 1.807) is 30.6 Å². The van der Waals surface area contributed by atoms with E-state index < -0.39 is 16.1 Å². The lowest BCUT2D eigenvalue weighted by Crippen LogP contribution is -2.24. The van der Waals surface area contributed by atoms with Gasteiger partial charge >= 0.3 is 5.97 Å². The number of carbonyl (C=O) groups is 2. The molecule has 0 aliphatic rings. The summed E-state index contributed by atoms with van der Waals surface area (Å²) in [4.78, 5) is 46.5. The second-order valence-electron chi connectivity index (χ2n) is 21.8. The third-order valence-corrected chi connectivity index (χ3v) is 17.0. The summed E-state index contributed by atoms with van der Waals surface area (Å²) in [5.41, 5.74) is 29.3. The molecule has 0 saturated heterocycles. The Morgan fingerprint density at radius 2 is 1.17 bits per heavy atom. The summed E-state index contributed by atoms with van der Waals surface area (Å²) in [5, 5.41) is 6.24. The number of nitrogens with zero attached hydrogens (tertiary/aromatic N) is 7. The van der Waals surface area contributed by atoms with Crippen LogP contribution in [0.25, 0.3) is 21.9 Å². The number of nitrogen functional groups attached to an aromatic ring is 2. The minimum Gasteiger partial charge on any atom is -0.465 e. The number of fused-ring (bicyclic) bond motifs is 2. The van der Waals surface area contributed by atoms with Crippen molar-refractivity contribution in [2.45, 2.75) is 118 Å². The molecule has 1 amide bonds. The van der Waals surface area contributed by atoms with Gasteiger partial charge in [0.25, 0.3) is 5.91 Å². The van der Waals surface area contributed by atoms with Crippen molar-refractivity contribution in [1.29, 1.82) is 0 Å². The molecule has 1 aromatic carbocycles. The maximum Gasteiger partial charge on any atom is 0.337 e. The molecule has 7 heterocycles. The minimum absolute atomic E-state index is 0.171. The summed E-state index contributed by atoms with van der Waals surface area (Å²) in [6, 6.07) is 25.0. The Labute approximate surface area is 470 Å². The zero-order chi connectivity index (χ0) is 56.9. The summed E-state index contributed by atoms with van der Waals surface area (Å²) in [7, 11) is -0.883. The molecule has 7 aromatic heterocycles. The first-order chi connectivity index (χ1) is 36.9. The molecule has 0 aliphatic carbocycles. The summed E-state index contributed by atoms with van der Waals surface area (Å²) in [5.74, 6) is 0.515. The zero-order valence-corrected chi connectivity index (χ0v) is 50.4. The second-order valence-corrected chi connectivity index (χ2v) is 33.8. The number of nitrogens with one attached hydrogen (secondary N) is 1. The first kappa shape index (κ1) is 60.7. The van der Waals surface area contributed by atoms with E-state index in [4.69, 9.17) is 54.6 Å². The third kappa shape index (κ3) is 17.5. The second kappa shape index (κ2) is 27.4. The highest BCUT2D eigenvalue weighted by molar-refractivity contribution is 6.76. The van der Waals surface area contributed by atoms with Crippen molar-refractivity contribution < 1.29 is 23.8 Å². The van der Waals surface area contributed by atoms with Crippen LogP contribution in [0, 0.1) is 27.7 Å². The molecule has 0 unspecified atom stereocenters. The van der Waals surface area contributed by atoms with Crippen LogP contribution >= 0.6 is 23.2 Å². The van der Waals surface area contributed by atoms with Gasteiger partial charge in [0.2, 0.25) is 0 Å². The van der Waals surface area contributed by atoms with Crippen molar-refractivity contribution >= 4 is 84.8 Å². The van der Waals surface area contributed by atoms with E-state index in [9.17, 15) is 9.59 Å². The predicted octanol–water partition coefficient (Wildman–Crippen LogP) is 11.6. The van der Waals surface area contributed by atoms with E-state index in [-0.39, 0.29) is 11.9 Å². The standard InChI is InChI=1S/C28H35ClN6O2Si.C22H27ClN2O3Si.C8H13N3/c1-18-10-26(30)34-19(2)24(18)16-33-28(36)21-6-7-31-23(13-21)12-20-11-22-14-25(29)35(27(22)32-15-20)17-37-8-9-38(3,4)5;1-27-22(26)17-7-8-24-19(13-17)12-16-5-6-20-18(11-16)14-21(23)25(20)15-28-9-10-29(2,3)4;1-5-3-8(10)11-6(2)7(5)4-9/h6-7,10-11,13-15H,8-9,12,16-17H2,1-5H3,(H2,30,34)(H,33,36);5-8,11,13-14H,9-10,12,15H2,1-4H3;3H,4,9H2,1-2H3,(H2,10,11). The summed E-state index contributed by atoms with van der Waals surface area (Å²) in [6.45, 7) is 25.0. The molecule has 0 atom stereocenters. The quantitative estimate of drug-likeness (QED) is 0.0336. The first-order valence-corrected chi connectivity index (χ1v) is 34.1. The van der Waals surface area contributed by atoms with E-state index in [0.29, 0.717) is 72.5 Å². The van der Waals surface area contributed by atoms with Crippen molar-refractivity contribution in [2.75, 3.05) is 31.8 Å². The van der Waals surface area contributed by atoms with E-state index in [1.165, 1.54) is 7.11 Å². The van der Waals surface area contributed by atoms with Gasteiger partial charge in [-0.25, -0.2) is 19.7 Å². The molecule has 0 aliphatic heterocycles. The van der Waals surface area contributed by atoms with Gasteiger partial charge in [-0.05, 0) is 140 Å². The fourth-order valence-corrected chi connectivity index (χ4v) is 10.6. The molecule has 7 N–H and O–H groups in total. The van der Waals surface area contributed by atoms with Gasteiger partial charge < -0.3 is 41.3 Å². The van der Waals surface area contributed by atoms with E-state index in [0.717, 1.165) is 103 Å². The van der Waals surface area contributed by atoms with Gasteiger partial charge in [-0.2, -0.15) is 0 Å². The minimum atomic E-state index is -1.15. The van der Waals surface area contributed by atoms with Crippen LogP contribution in [0.5, 0.6) is 0 Å². The normalized spacial score (nSPS) is 11.5. The summed E-state index contributed by atoms with van der Waals surface area (Å²) >= 11 is 12.9. The van der Waals surface area contributed by atoms with Crippen molar-refractivity contribution in [3.63, 3.8) is 0 Å². The Hall–Kier alpha value is -6.52. The number of pyridine rings is 5. The number of methoxy groups -OCH3 is 1. The van der Waals surface area contributed by atoms with E-state index in [2.05, 4.69) is 93.8 Å². The predicted molar refractivity (Wildman–Crippen MR) is 321 cm³/mol. The number of rotatable bonds is 19. The van der Waals surface area contributed by atoms with Gasteiger partial charge in [-0.3, -0.25) is 19.3 Å². The molecular formula is C58H75Cl2N11O5Si2.